The van der Waals surface area contributed by atoms with E-state index < -0.39 is 72.9 Å². The molecule has 1 aliphatic heterocycles. The van der Waals surface area contributed by atoms with E-state index in [1.54, 1.807) is 98.8 Å². The van der Waals surface area contributed by atoms with Crippen LogP contribution in [0.2, 0.25) is 0 Å². The van der Waals surface area contributed by atoms with Crippen LogP contribution in [0.1, 0.15) is 106 Å². The first kappa shape index (κ1) is 61.9. The molecule has 0 spiro atoms. The van der Waals surface area contributed by atoms with Crippen LogP contribution >= 0.6 is 7.60 Å². The minimum absolute atomic E-state index is 0.0443. The molecular formula is C64H72N5O13P. The van der Waals surface area contributed by atoms with Gasteiger partial charge >= 0.3 is 13.6 Å². The Kier molecular flexibility index (Phi) is 21.4. The van der Waals surface area contributed by atoms with E-state index in [0.29, 0.717) is 35.8 Å². The van der Waals surface area contributed by atoms with Crippen LogP contribution in [0.4, 0.5) is 0 Å². The maximum atomic E-state index is 15.0. The van der Waals surface area contributed by atoms with Crippen LogP contribution in [0.3, 0.4) is 0 Å². The van der Waals surface area contributed by atoms with Gasteiger partial charge in [0.15, 0.2) is 11.2 Å². The maximum absolute atomic E-state index is 15.0. The molecule has 18 nitrogen and oxygen atoms in total. The number of unbranched alkanes of at least 4 members (excludes halogenated alkanes) is 2. The number of benzene rings is 6. The van der Waals surface area contributed by atoms with Crippen LogP contribution in [0.5, 0.6) is 17.2 Å². The van der Waals surface area contributed by atoms with Crippen LogP contribution in [0.25, 0.3) is 33.4 Å². The number of para-hydroxylation sites is 2. The van der Waals surface area contributed by atoms with Crippen LogP contribution in [-0.2, 0) is 30.2 Å². The van der Waals surface area contributed by atoms with Crippen molar-refractivity contribution in [3.05, 3.63) is 173 Å². The lowest BCUT2D eigenvalue weighted by Gasteiger charge is -2.32. The third-order valence-electron chi connectivity index (χ3n) is 13.7. The largest absolute Gasteiger partial charge is 0.508 e. The molecule has 0 fully saturated rings. The maximum Gasteiger partial charge on any atom is 0.453 e. The van der Waals surface area contributed by atoms with Crippen LogP contribution in [0, 0.1) is 17.8 Å². The van der Waals surface area contributed by atoms with Gasteiger partial charge in [0.25, 0.3) is 5.91 Å². The summed E-state index contributed by atoms with van der Waals surface area (Å²) in [5.41, 5.74) is 1.75. The molecule has 0 radical (unpaired) electrons. The fourth-order valence-corrected chi connectivity index (χ4v) is 11.8. The molecule has 7 N–H and O–H groups in total. The summed E-state index contributed by atoms with van der Waals surface area (Å²) in [5, 5.41) is 35.4. The number of phenolic OH excluding ortho intramolecular Hbond substituents is 1. The lowest BCUT2D eigenvalue weighted by atomic mass is 9.90. The Balaban J connectivity index is 0.974. The average Bonchev–Trinajstić information content (AvgIpc) is 3.43. The Morgan fingerprint density at radius 2 is 1.17 bits per heavy atom. The van der Waals surface area contributed by atoms with Crippen LogP contribution in [0.15, 0.2) is 155 Å². The summed E-state index contributed by atoms with van der Waals surface area (Å²) in [7, 11) is -4.24. The summed E-state index contributed by atoms with van der Waals surface area (Å²) in [6, 6.07) is 35.6. The second-order valence-corrected chi connectivity index (χ2v) is 23.7. The molecule has 5 aromatic carbocycles. The number of amides is 5. The van der Waals surface area contributed by atoms with Gasteiger partial charge in [-0.2, -0.15) is 0 Å². The standard InChI is InChI=1S/C64H72N5O13P/c1-39(2)33-52(66-57(72)25-17-10-18-32-65-59(73)43-26-29-48(51(36-43)64(77)78)58-49-30-27-44(70)37-55(49)80-56-38-45(71)28-31-50(56)58)60(74)68-54(35-42-19-11-7-12-20-42)61(75)67-53(34-40(3)4)62(76)69-63(41(5)6)83(79,81-46-21-13-8-14-22-46)82-47-23-15-9-16-24-47/h7-9,11-16,19-24,26-31,36-41,52-54,63,70H,10,17-18,25,32-35H2,1-6H3,(H,65,73)(H,66,72)(H,67,75)(H,68,74)(H,69,76)(H,77,78)/t52-,53-,54-,63+/m0/s1. The Labute approximate surface area is 482 Å². The SMILES string of the molecule is CC(C)C[C@H](NC(=O)CCCCCNC(=O)c1ccc(-c2c3ccc(=O)cc-3oc3cc(O)ccc23)c(C(=O)O)c1)C(=O)N[C@@H](Cc1ccccc1)C(=O)N[C@@H](CC(C)C)C(=O)N[C@@H](C(C)C)P(=O)(Oc1ccccc1)Oc1ccccc1. The first-order valence-corrected chi connectivity index (χ1v) is 29.5. The summed E-state index contributed by atoms with van der Waals surface area (Å²) < 4.78 is 33.1. The number of phenols is 1. The molecule has 436 valence electrons. The van der Waals surface area contributed by atoms with Gasteiger partial charge in [-0.3, -0.25) is 28.8 Å². The Bertz CT molecular complexity index is 3420. The highest BCUT2D eigenvalue weighted by Crippen LogP contribution is 2.54. The number of rotatable bonds is 28. The Morgan fingerprint density at radius 1 is 0.602 bits per heavy atom. The zero-order valence-electron chi connectivity index (χ0n) is 47.4. The average molecular weight is 1150 g/mol. The molecule has 0 unspecified atom stereocenters. The number of carbonyl (C=O) groups is 6. The molecule has 4 atom stereocenters. The molecule has 5 amide bonds. The van der Waals surface area contributed by atoms with Gasteiger partial charge in [-0.15, -0.1) is 0 Å². The molecule has 1 aliphatic carbocycles. The minimum atomic E-state index is -4.24. The lowest BCUT2D eigenvalue weighted by Crippen LogP contribution is -2.58. The van der Waals surface area contributed by atoms with Crippen molar-refractivity contribution in [2.24, 2.45) is 17.8 Å². The number of fused-ring (bicyclic) bond motifs is 2. The monoisotopic (exact) mass is 1150 g/mol. The van der Waals surface area contributed by atoms with Gasteiger partial charge in [-0.25, -0.2) is 9.36 Å². The lowest BCUT2D eigenvalue weighted by molar-refractivity contribution is -0.134. The molecule has 19 heteroatoms. The third-order valence-corrected chi connectivity index (χ3v) is 16.0. The van der Waals surface area contributed by atoms with E-state index in [1.165, 1.54) is 42.5 Å². The van der Waals surface area contributed by atoms with Crippen molar-refractivity contribution in [2.75, 3.05) is 6.54 Å². The van der Waals surface area contributed by atoms with Crippen molar-refractivity contribution in [1.82, 2.24) is 26.6 Å². The fraction of sp³-hybridized carbons (Fsp3) is 0.328. The first-order chi connectivity index (χ1) is 39.7. The van der Waals surface area contributed by atoms with Gasteiger partial charge in [0.1, 0.15) is 46.7 Å². The second kappa shape index (κ2) is 28.8. The number of hydrogen-bond donors (Lipinski definition) is 7. The van der Waals surface area contributed by atoms with E-state index >= 15 is 0 Å². The molecule has 5 aromatic rings. The normalized spacial score (nSPS) is 13.0. The van der Waals surface area contributed by atoms with Gasteiger partial charge in [-0.1, -0.05) is 121 Å². The van der Waals surface area contributed by atoms with E-state index in [-0.39, 0.29) is 94.8 Å². The molecule has 0 saturated heterocycles. The third kappa shape index (κ3) is 17.1. The molecule has 0 saturated carbocycles. The van der Waals surface area contributed by atoms with E-state index in [0.717, 1.165) is 5.56 Å². The van der Waals surface area contributed by atoms with Crippen molar-refractivity contribution >= 4 is 54.1 Å². The number of carboxylic acid groups (broad SMARTS) is 1. The van der Waals surface area contributed by atoms with Gasteiger partial charge < -0.3 is 50.3 Å². The van der Waals surface area contributed by atoms with Gasteiger partial charge in [0, 0.05) is 53.6 Å². The summed E-state index contributed by atoms with van der Waals surface area (Å²) in [5.74, 6) is -5.23. The fourth-order valence-electron chi connectivity index (χ4n) is 9.64. The van der Waals surface area contributed by atoms with Crippen LogP contribution < -0.4 is 41.1 Å². The minimum Gasteiger partial charge on any atom is -0.508 e. The Morgan fingerprint density at radius 3 is 1.77 bits per heavy atom. The van der Waals surface area contributed by atoms with E-state index in [9.17, 15) is 48.3 Å². The van der Waals surface area contributed by atoms with E-state index in [1.807, 2.05) is 45.9 Å². The summed E-state index contributed by atoms with van der Waals surface area (Å²) in [4.78, 5) is 95.1. The quantitative estimate of drug-likeness (QED) is 0.0137. The van der Waals surface area contributed by atoms with Crippen molar-refractivity contribution < 1.29 is 57.0 Å². The van der Waals surface area contributed by atoms with Crippen molar-refractivity contribution in [1.29, 1.82) is 0 Å². The predicted molar refractivity (Wildman–Crippen MR) is 317 cm³/mol. The number of nitrogens with one attached hydrogen (secondary N) is 5. The molecule has 7 rings (SSSR count). The highest BCUT2D eigenvalue weighted by atomic mass is 31.2. The molecule has 0 aromatic heterocycles. The molecule has 83 heavy (non-hydrogen) atoms. The number of carboxylic acids is 1. The number of aromatic hydroxyl groups is 1. The van der Waals surface area contributed by atoms with Gasteiger partial charge in [-0.05, 0) is 115 Å². The molecule has 1 heterocycles. The topological polar surface area (TPSA) is 269 Å². The first-order valence-electron chi connectivity index (χ1n) is 27.9. The highest BCUT2D eigenvalue weighted by molar-refractivity contribution is 7.55. The van der Waals surface area contributed by atoms with Crippen LogP contribution in [-0.4, -0.2) is 76.2 Å². The highest BCUT2D eigenvalue weighted by Gasteiger charge is 2.44. The smallest absolute Gasteiger partial charge is 0.453 e. The summed E-state index contributed by atoms with van der Waals surface area (Å²) in [6.45, 7) is 11.4. The van der Waals surface area contributed by atoms with E-state index in [4.69, 9.17) is 13.5 Å². The number of hydrogen-bond acceptors (Lipinski definition) is 12. The Hall–Kier alpha value is -8.76. The summed E-state index contributed by atoms with van der Waals surface area (Å²) in [6.07, 6.45) is 1.95. The number of aromatic carboxylic acids is 1. The zero-order chi connectivity index (χ0) is 59.8. The molecular weight excluding hydrogens is 1080 g/mol. The molecule has 0 bridgehead atoms. The second-order valence-electron chi connectivity index (χ2n) is 21.7. The van der Waals surface area contributed by atoms with Crippen molar-refractivity contribution in [2.45, 2.75) is 110 Å². The molecule has 2 aliphatic rings. The predicted octanol–water partition coefficient (Wildman–Crippen LogP) is 10.5. The van der Waals surface area contributed by atoms with E-state index in [2.05, 4.69) is 26.6 Å². The number of carbonyl (C=O) groups excluding carboxylic acids is 5. The zero-order valence-corrected chi connectivity index (χ0v) is 48.3. The summed E-state index contributed by atoms with van der Waals surface area (Å²) >= 11 is 0. The van der Waals surface area contributed by atoms with Gasteiger partial charge in [0.2, 0.25) is 23.6 Å². The van der Waals surface area contributed by atoms with Crippen molar-refractivity contribution in [3.8, 4) is 39.7 Å². The van der Waals surface area contributed by atoms with Gasteiger partial charge in [0.05, 0.1) is 5.56 Å². The van der Waals surface area contributed by atoms with Crippen molar-refractivity contribution in [3.63, 3.8) is 0 Å².